The lowest BCUT2D eigenvalue weighted by atomic mass is 9.97. The number of carboxylic acids is 1. The Balaban J connectivity index is 3.60. The fourth-order valence-electron chi connectivity index (χ4n) is 1.62. The van der Waals surface area contributed by atoms with Gasteiger partial charge in [-0.25, -0.2) is 0 Å². The number of hydrogen-bond acceptors (Lipinski definition) is 1. The van der Waals surface area contributed by atoms with Crippen LogP contribution in [0.1, 0.15) is 65.2 Å². The minimum absolute atomic E-state index is 0.499. The summed E-state index contributed by atoms with van der Waals surface area (Å²) in [7, 11) is 0. The van der Waals surface area contributed by atoms with Gasteiger partial charge in [-0.2, -0.15) is 0 Å². The Bertz CT molecular complexity index is 182. The first kappa shape index (κ1) is 14.8. The van der Waals surface area contributed by atoms with Crippen molar-refractivity contribution in [3.05, 3.63) is 0 Å². The van der Waals surface area contributed by atoms with E-state index in [1.54, 1.807) is 0 Å². The van der Waals surface area contributed by atoms with Crippen LogP contribution < -0.4 is 0 Å². The lowest BCUT2D eigenvalue weighted by Crippen LogP contribution is -2.31. The Kier molecular flexibility index (Phi) is 7.85. The lowest BCUT2D eigenvalue weighted by Gasteiger charge is -2.19. The van der Waals surface area contributed by atoms with Gasteiger partial charge in [0, 0.05) is 0 Å². The van der Waals surface area contributed by atoms with E-state index in [1.807, 2.05) is 6.92 Å². The first-order valence-corrected chi connectivity index (χ1v) is 6.37. The molecular weight excluding hydrogens is 212 g/mol. The first-order chi connectivity index (χ1) is 7.06. The SMILES string of the molecule is CCCCCCCCC(Cl)(CC)C(=O)O. The summed E-state index contributed by atoms with van der Waals surface area (Å²) in [6.07, 6.45) is 8.08. The Hall–Kier alpha value is -0.240. The van der Waals surface area contributed by atoms with E-state index in [0.29, 0.717) is 12.8 Å². The highest BCUT2D eigenvalue weighted by Gasteiger charge is 2.33. The average molecular weight is 235 g/mol. The Morgan fingerprint density at radius 1 is 1.13 bits per heavy atom. The molecule has 15 heavy (non-hydrogen) atoms. The second-order valence-electron chi connectivity index (χ2n) is 4.14. The number of alkyl halides is 1. The van der Waals surface area contributed by atoms with Gasteiger partial charge in [-0.05, 0) is 12.8 Å². The zero-order chi connectivity index (χ0) is 11.7. The van der Waals surface area contributed by atoms with Gasteiger partial charge in [0.25, 0.3) is 0 Å². The van der Waals surface area contributed by atoms with Crippen molar-refractivity contribution in [3.8, 4) is 0 Å². The number of hydrogen-bond donors (Lipinski definition) is 1. The number of unbranched alkanes of at least 4 members (excludes halogenated alkanes) is 5. The van der Waals surface area contributed by atoms with Gasteiger partial charge in [0.15, 0.2) is 0 Å². The van der Waals surface area contributed by atoms with E-state index in [1.165, 1.54) is 25.7 Å². The molecule has 0 aromatic carbocycles. The van der Waals surface area contributed by atoms with Crippen molar-refractivity contribution in [1.82, 2.24) is 0 Å². The molecule has 0 bridgehead atoms. The highest BCUT2D eigenvalue weighted by Crippen LogP contribution is 2.27. The van der Waals surface area contributed by atoms with E-state index in [-0.39, 0.29) is 0 Å². The van der Waals surface area contributed by atoms with Crippen molar-refractivity contribution in [1.29, 1.82) is 0 Å². The number of rotatable bonds is 9. The molecule has 0 spiro atoms. The normalized spacial score (nSPS) is 14.9. The van der Waals surface area contributed by atoms with Crippen molar-refractivity contribution in [2.75, 3.05) is 0 Å². The zero-order valence-electron chi connectivity index (χ0n) is 9.89. The molecule has 0 aliphatic heterocycles. The Morgan fingerprint density at radius 2 is 1.67 bits per heavy atom. The van der Waals surface area contributed by atoms with Gasteiger partial charge in [-0.15, -0.1) is 11.6 Å². The molecule has 0 aromatic heterocycles. The van der Waals surface area contributed by atoms with Crippen LogP contribution in [-0.2, 0) is 4.79 Å². The second-order valence-corrected chi connectivity index (χ2v) is 4.87. The molecule has 1 N–H and O–H groups in total. The molecule has 0 aliphatic carbocycles. The molecule has 0 fully saturated rings. The highest BCUT2D eigenvalue weighted by atomic mass is 35.5. The van der Waals surface area contributed by atoms with Crippen molar-refractivity contribution in [3.63, 3.8) is 0 Å². The van der Waals surface area contributed by atoms with Crippen LogP contribution in [0.15, 0.2) is 0 Å². The van der Waals surface area contributed by atoms with Gasteiger partial charge in [-0.3, -0.25) is 4.79 Å². The molecule has 0 aromatic rings. The summed E-state index contributed by atoms with van der Waals surface area (Å²) in [6.45, 7) is 4.02. The van der Waals surface area contributed by atoms with Crippen LogP contribution in [0.25, 0.3) is 0 Å². The van der Waals surface area contributed by atoms with Gasteiger partial charge in [-0.1, -0.05) is 52.4 Å². The fourth-order valence-corrected chi connectivity index (χ4v) is 1.75. The maximum Gasteiger partial charge on any atom is 0.324 e. The van der Waals surface area contributed by atoms with Crippen LogP contribution in [0.3, 0.4) is 0 Å². The molecule has 0 aliphatic rings. The molecule has 0 saturated heterocycles. The molecule has 2 nitrogen and oxygen atoms in total. The Labute approximate surface area is 98.0 Å². The summed E-state index contributed by atoms with van der Waals surface area (Å²) in [4.78, 5) is 9.86. The Morgan fingerprint density at radius 3 is 2.13 bits per heavy atom. The van der Waals surface area contributed by atoms with Crippen LogP contribution in [-0.4, -0.2) is 16.0 Å². The van der Waals surface area contributed by atoms with E-state index in [9.17, 15) is 4.79 Å². The van der Waals surface area contributed by atoms with Crippen molar-refractivity contribution in [2.45, 2.75) is 70.1 Å². The zero-order valence-corrected chi connectivity index (χ0v) is 10.6. The molecule has 0 radical (unpaired) electrons. The maximum absolute atomic E-state index is 10.9. The third-order valence-corrected chi connectivity index (χ3v) is 3.49. The third kappa shape index (κ3) is 6.03. The third-order valence-electron chi connectivity index (χ3n) is 2.87. The quantitative estimate of drug-likeness (QED) is 0.479. The van der Waals surface area contributed by atoms with E-state index in [2.05, 4.69) is 6.92 Å². The molecule has 1 atom stereocenters. The van der Waals surface area contributed by atoms with Crippen molar-refractivity contribution >= 4 is 17.6 Å². The van der Waals surface area contributed by atoms with Gasteiger partial charge in [0.2, 0.25) is 0 Å². The summed E-state index contributed by atoms with van der Waals surface area (Å²) in [5, 5.41) is 8.94. The first-order valence-electron chi connectivity index (χ1n) is 5.99. The molecular formula is C12H23ClO2. The lowest BCUT2D eigenvalue weighted by molar-refractivity contribution is -0.140. The van der Waals surface area contributed by atoms with Crippen LogP contribution >= 0.6 is 11.6 Å². The van der Waals surface area contributed by atoms with E-state index >= 15 is 0 Å². The smallest absolute Gasteiger partial charge is 0.324 e. The van der Waals surface area contributed by atoms with E-state index in [4.69, 9.17) is 16.7 Å². The predicted molar refractivity (Wildman–Crippen MR) is 64.5 cm³/mol. The number of aliphatic carboxylic acids is 1. The summed E-state index contributed by atoms with van der Waals surface area (Å²) >= 11 is 6.00. The summed E-state index contributed by atoms with van der Waals surface area (Å²) < 4.78 is 0. The van der Waals surface area contributed by atoms with E-state index < -0.39 is 10.8 Å². The average Bonchev–Trinajstić information content (AvgIpc) is 2.22. The van der Waals surface area contributed by atoms with Gasteiger partial charge >= 0.3 is 5.97 Å². The molecule has 0 heterocycles. The van der Waals surface area contributed by atoms with Gasteiger partial charge in [0.1, 0.15) is 4.87 Å². The molecule has 3 heteroatoms. The predicted octanol–water partition coefficient (Wildman–Crippen LogP) is 4.21. The highest BCUT2D eigenvalue weighted by molar-refractivity contribution is 6.33. The summed E-state index contributed by atoms with van der Waals surface area (Å²) in [5.74, 6) is -0.875. The van der Waals surface area contributed by atoms with Crippen molar-refractivity contribution in [2.24, 2.45) is 0 Å². The molecule has 90 valence electrons. The number of halogens is 1. The van der Waals surface area contributed by atoms with Crippen LogP contribution in [0.4, 0.5) is 0 Å². The second kappa shape index (κ2) is 7.98. The molecule has 0 rings (SSSR count). The molecule has 0 amide bonds. The largest absolute Gasteiger partial charge is 0.480 e. The van der Waals surface area contributed by atoms with Crippen LogP contribution in [0, 0.1) is 0 Å². The summed E-state index contributed by atoms with van der Waals surface area (Å²) in [6, 6.07) is 0. The summed E-state index contributed by atoms with van der Waals surface area (Å²) in [5.41, 5.74) is 0. The van der Waals surface area contributed by atoms with E-state index in [0.717, 1.165) is 12.8 Å². The van der Waals surface area contributed by atoms with Crippen molar-refractivity contribution < 1.29 is 9.90 Å². The molecule has 1 unspecified atom stereocenters. The van der Waals surface area contributed by atoms with Crippen LogP contribution in [0.2, 0.25) is 0 Å². The topological polar surface area (TPSA) is 37.3 Å². The van der Waals surface area contributed by atoms with Gasteiger partial charge < -0.3 is 5.11 Å². The minimum atomic E-state index is -1.02. The van der Waals surface area contributed by atoms with Gasteiger partial charge in [0.05, 0.1) is 0 Å². The molecule has 0 saturated carbocycles. The maximum atomic E-state index is 10.9. The van der Waals surface area contributed by atoms with Crippen LogP contribution in [0.5, 0.6) is 0 Å². The minimum Gasteiger partial charge on any atom is -0.480 e. The number of carboxylic acid groups (broad SMARTS) is 1. The number of carbonyl (C=O) groups is 1. The standard InChI is InChI=1S/C12H23ClO2/c1-3-5-6-7-8-9-10-12(13,4-2)11(14)15/h3-10H2,1-2H3,(H,14,15). The fraction of sp³-hybridized carbons (Fsp3) is 0.917. The monoisotopic (exact) mass is 234 g/mol.